The summed E-state index contributed by atoms with van der Waals surface area (Å²) in [6, 6.07) is 0. The van der Waals surface area contributed by atoms with Crippen LogP contribution in [0.1, 0.15) is 43.7 Å². The van der Waals surface area contributed by atoms with Gasteiger partial charge in [-0.1, -0.05) is 27.7 Å². The summed E-state index contributed by atoms with van der Waals surface area (Å²) in [5.74, 6) is 0.0154. The third-order valence-electron chi connectivity index (χ3n) is 3.39. The van der Waals surface area contributed by atoms with E-state index in [4.69, 9.17) is 0 Å². The lowest BCUT2D eigenvalue weighted by molar-refractivity contribution is 0.0138. The van der Waals surface area contributed by atoms with E-state index in [1.54, 1.807) is 17.9 Å². The minimum atomic E-state index is -0.456. The van der Waals surface area contributed by atoms with Crippen molar-refractivity contribution in [3.8, 4) is 0 Å². The number of amides is 1. The Morgan fingerprint density at radius 3 is 2.53 bits per heavy atom. The summed E-state index contributed by atoms with van der Waals surface area (Å²) in [6.45, 7) is 10.1. The molecule has 1 rings (SSSR count). The average molecular weight is 267 g/mol. The van der Waals surface area contributed by atoms with Crippen molar-refractivity contribution in [2.24, 2.45) is 18.4 Å². The molecule has 0 aliphatic carbocycles. The molecule has 1 heterocycles. The lowest BCUT2D eigenvalue weighted by atomic mass is 9.80. The molecule has 0 saturated heterocycles. The normalized spacial score (nSPS) is 13.7. The Hall–Kier alpha value is -1.36. The van der Waals surface area contributed by atoms with Crippen molar-refractivity contribution in [1.29, 1.82) is 0 Å². The van der Waals surface area contributed by atoms with Crippen molar-refractivity contribution in [3.63, 3.8) is 0 Å². The summed E-state index contributed by atoms with van der Waals surface area (Å²) in [4.78, 5) is 12.1. The first-order valence-corrected chi connectivity index (χ1v) is 6.61. The fourth-order valence-corrected chi connectivity index (χ4v) is 2.23. The zero-order chi connectivity index (χ0) is 14.8. The van der Waals surface area contributed by atoms with Crippen LogP contribution in [-0.4, -0.2) is 33.4 Å². The van der Waals surface area contributed by atoms with E-state index in [0.29, 0.717) is 17.8 Å². The van der Waals surface area contributed by atoms with Crippen molar-refractivity contribution in [1.82, 2.24) is 15.1 Å². The highest BCUT2D eigenvalue weighted by Gasteiger charge is 2.30. The van der Waals surface area contributed by atoms with Gasteiger partial charge in [0, 0.05) is 25.2 Å². The van der Waals surface area contributed by atoms with Gasteiger partial charge in [-0.25, -0.2) is 0 Å². The van der Waals surface area contributed by atoms with Gasteiger partial charge in [-0.05, 0) is 12.8 Å². The molecular weight excluding hydrogens is 242 g/mol. The van der Waals surface area contributed by atoms with Crippen LogP contribution in [0.15, 0.2) is 6.20 Å². The van der Waals surface area contributed by atoms with Crippen LogP contribution in [0.4, 0.5) is 0 Å². The molecule has 1 amide bonds. The number of carbonyl (C=O) groups is 1. The molecule has 0 radical (unpaired) electrons. The highest BCUT2D eigenvalue weighted by molar-refractivity contribution is 5.95. The number of aryl methyl sites for hydroxylation is 2. The van der Waals surface area contributed by atoms with Crippen molar-refractivity contribution in [2.45, 2.75) is 40.7 Å². The Labute approximate surface area is 115 Å². The first-order valence-electron chi connectivity index (χ1n) is 6.61. The molecule has 2 N–H and O–H groups in total. The van der Waals surface area contributed by atoms with Crippen LogP contribution in [-0.2, 0) is 7.05 Å². The summed E-state index contributed by atoms with van der Waals surface area (Å²) >= 11 is 0. The molecule has 0 saturated carbocycles. The zero-order valence-electron chi connectivity index (χ0n) is 12.7. The van der Waals surface area contributed by atoms with Gasteiger partial charge in [-0.2, -0.15) is 5.10 Å². The third-order valence-corrected chi connectivity index (χ3v) is 3.39. The molecule has 0 aliphatic rings. The Morgan fingerprint density at radius 1 is 1.53 bits per heavy atom. The van der Waals surface area contributed by atoms with E-state index in [9.17, 15) is 9.90 Å². The summed E-state index contributed by atoms with van der Waals surface area (Å²) in [6.07, 6.45) is 1.25. The molecule has 108 valence electrons. The second kappa shape index (κ2) is 5.74. The fourth-order valence-electron chi connectivity index (χ4n) is 2.23. The minimum Gasteiger partial charge on any atom is -0.392 e. The largest absolute Gasteiger partial charge is 0.392 e. The maximum absolute atomic E-state index is 12.1. The monoisotopic (exact) mass is 267 g/mol. The number of hydrogen-bond acceptors (Lipinski definition) is 3. The van der Waals surface area contributed by atoms with E-state index in [0.717, 1.165) is 0 Å². The van der Waals surface area contributed by atoms with E-state index in [1.165, 1.54) is 0 Å². The second-order valence-electron chi connectivity index (χ2n) is 6.16. The van der Waals surface area contributed by atoms with Crippen LogP contribution in [0, 0.1) is 18.3 Å². The standard InChI is InChI=1S/C14H25N3O2/c1-9(2)12(18)14(4,5)8-15-13(19)11-7-17(6)16-10(11)3/h7,9,12,18H,8H2,1-6H3,(H,15,19). The van der Waals surface area contributed by atoms with Crippen molar-refractivity contribution >= 4 is 5.91 Å². The summed E-state index contributed by atoms with van der Waals surface area (Å²) < 4.78 is 1.62. The van der Waals surface area contributed by atoms with Gasteiger partial charge in [0.2, 0.25) is 0 Å². The van der Waals surface area contributed by atoms with Gasteiger partial charge in [-0.15, -0.1) is 0 Å². The molecule has 0 aromatic carbocycles. The number of rotatable bonds is 5. The van der Waals surface area contributed by atoms with Gasteiger partial charge >= 0.3 is 0 Å². The van der Waals surface area contributed by atoms with E-state index in [-0.39, 0.29) is 17.2 Å². The minimum absolute atomic E-state index is 0.144. The van der Waals surface area contributed by atoms with Gasteiger partial charge < -0.3 is 10.4 Å². The quantitative estimate of drug-likeness (QED) is 0.849. The lowest BCUT2D eigenvalue weighted by Gasteiger charge is -2.33. The van der Waals surface area contributed by atoms with Crippen molar-refractivity contribution < 1.29 is 9.90 Å². The number of aliphatic hydroxyl groups is 1. The van der Waals surface area contributed by atoms with Crippen LogP contribution in [0.2, 0.25) is 0 Å². The Balaban J connectivity index is 2.67. The van der Waals surface area contributed by atoms with E-state index >= 15 is 0 Å². The highest BCUT2D eigenvalue weighted by atomic mass is 16.3. The van der Waals surface area contributed by atoms with Gasteiger partial charge in [0.25, 0.3) is 5.91 Å². The maximum atomic E-state index is 12.1. The zero-order valence-corrected chi connectivity index (χ0v) is 12.7. The highest BCUT2D eigenvalue weighted by Crippen LogP contribution is 2.25. The molecule has 0 aliphatic heterocycles. The molecule has 1 unspecified atom stereocenters. The number of nitrogens with zero attached hydrogens (tertiary/aromatic N) is 2. The fraction of sp³-hybridized carbons (Fsp3) is 0.714. The molecule has 1 aromatic rings. The Morgan fingerprint density at radius 2 is 2.11 bits per heavy atom. The van der Waals surface area contributed by atoms with Gasteiger partial charge in [-0.3, -0.25) is 9.48 Å². The van der Waals surface area contributed by atoms with Crippen LogP contribution < -0.4 is 5.32 Å². The van der Waals surface area contributed by atoms with E-state index < -0.39 is 6.10 Å². The first kappa shape index (κ1) is 15.7. The smallest absolute Gasteiger partial charge is 0.254 e. The number of aromatic nitrogens is 2. The average Bonchev–Trinajstić information content (AvgIpc) is 2.64. The SMILES string of the molecule is Cc1nn(C)cc1C(=O)NCC(C)(C)C(O)C(C)C. The van der Waals surface area contributed by atoms with Crippen molar-refractivity contribution in [3.05, 3.63) is 17.5 Å². The molecular formula is C14H25N3O2. The number of hydrogen-bond donors (Lipinski definition) is 2. The van der Waals surface area contributed by atoms with Gasteiger partial charge in [0.05, 0.1) is 17.4 Å². The van der Waals surface area contributed by atoms with Crippen LogP contribution in [0.5, 0.6) is 0 Å². The summed E-state index contributed by atoms with van der Waals surface area (Å²) in [5, 5.41) is 17.2. The Kier molecular flexibility index (Phi) is 4.74. The van der Waals surface area contributed by atoms with Crippen molar-refractivity contribution in [2.75, 3.05) is 6.54 Å². The molecule has 0 fully saturated rings. The molecule has 5 heteroatoms. The number of nitrogens with one attached hydrogen (secondary N) is 1. The summed E-state index contributed by atoms with van der Waals surface area (Å²) in [7, 11) is 1.79. The lowest BCUT2D eigenvalue weighted by Crippen LogP contribution is -2.43. The first-order chi connectivity index (χ1) is 8.65. The molecule has 0 spiro atoms. The Bertz CT molecular complexity index is 450. The molecule has 19 heavy (non-hydrogen) atoms. The van der Waals surface area contributed by atoms with Gasteiger partial charge in [0.1, 0.15) is 0 Å². The molecule has 0 bridgehead atoms. The third kappa shape index (κ3) is 3.80. The predicted octanol–water partition coefficient (Wildman–Crippen LogP) is 1.50. The van der Waals surface area contributed by atoms with Crippen LogP contribution in [0.25, 0.3) is 0 Å². The maximum Gasteiger partial charge on any atom is 0.254 e. The topological polar surface area (TPSA) is 67.2 Å². The van der Waals surface area contributed by atoms with E-state index in [1.807, 2.05) is 34.6 Å². The molecule has 5 nitrogen and oxygen atoms in total. The molecule has 1 aromatic heterocycles. The predicted molar refractivity (Wildman–Crippen MR) is 74.9 cm³/mol. The van der Waals surface area contributed by atoms with Crippen LogP contribution in [0.3, 0.4) is 0 Å². The van der Waals surface area contributed by atoms with Gasteiger partial charge in [0.15, 0.2) is 0 Å². The second-order valence-corrected chi connectivity index (χ2v) is 6.16. The van der Waals surface area contributed by atoms with E-state index in [2.05, 4.69) is 10.4 Å². The summed E-state index contributed by atoms with van der Waals surface area (Å²) in [5.41, 5.74) is 0.930. The number of aliphatic hydroxyl groups excluding tert-OH is 1. The molecule has 1 atom stereocenters. The van der Waals surface area contributed by atoms with Crippen LogP contribution >= 0.6 is 0 Å². The number of carbonyl (C=O) groups excluding carboxylic acids is 1.